The smallest absolute Gasteiger partial charge is 0.338 e. The lowest BCUT2D eigenvalue weighted by Gasteiger charge is -2.28. The zero-order valence-corrected chi connectivity index (χ0v) is 24.0. The molecule has 0 saturated heterocycles. The fourth-order valence-electron chi connectivity index (χ4n) is 4.41. The van der Waals surface area contributed by atoms with Gasteiger partial charge in [0.05, 0.1) is 12.7 Å². The van der Waals surface area contributed by atoms with Crippen molar-refractivity contribution in [3.8, 4) is 11.5 Å². The van der Waals surface area contributed by atoms with Gasteiger partial charge in [-0.1, -0.05) is 78.8 Å². The van der Waals surface area contributed by atoms with Crippen molar-refractivity contribution in [3.63, 3.8) is 0 Å². The molecule has 0 spiro atoms. The number of methoxy groups -OCH3 is 1. The van der Waals surface area contributed by atoms with E-state index in [0.29, 0.717) is 45.5 Å². The summed E-state index contributed by atoms with van der Waals surface area (Å²) in [5, 5.41) is 9.26. The van der Waals surface area contributed by atoms with E-state index in [-0.39, 0.29) is 6.61 Å². The number of halogens is 1. The molecule has 0 aliphatic carbocycles. The highest BCUT2D eigenvalue weighted by atomic mass is 35.5. The molecule has 1 aromatic heterocycles. The second-order valence-corrected chi connectivity index (χ2v) is 10.7. The van der Waals surface area contributed by atoms with Gasteiger partial charge >= 0.3 is 5.97 Å². The zero-order chi connectivity index (χ0) is 28.1. The lowest BCUT2D eigenvalue weighted by molar-refractivity contribution is -0.140. The second kappa shape index (κ2) is 12.5. The quantitative estimate of drug-likeness (QED) is 0.166. The molecular weight excluding hydrogens is 548 g/mol. The topological polar surface area (TPSA) is 87.5 Å². The predicted molar refractivity (Wildman–Crippen MR) is 156 cm³/mol. The van der Waals surface area contributed by atoms with E-state index >= 15 is 0 Å². The molecule has 0 fully saturated rings. The molecule has 206 valence electrons. The van der Waals surface area contributed by atoms with Crippen molar-refractivity contribution in [2.45, 2.75) is 38.3 Å². The summed E-state index contributed by atoms with van der Waals surface area (Å²) >= 11 is 7.53. The van der Waals surface area contributed by atoms with Gasteiger partial charge < -0.3 is 19.5 Å². The van der Waals surface area contributed by atoms with Crippen LogP contribution < -0.4 is 14.8 Å². The first-order chi connectivity index (χ1) is 19.5. The number of allylic oxidation sites excluding steroid dienone is 1. The number of carbonyl (C=O) groups excluding carboxylic acids is 1. The molecule has 3 aromatic carbocycles. The summed E-state index contributed by atoms with van der Waals surface area (Å²) in [7, 11) is 1.59. The molecule has 0 radical (unpaired) electrons. The predicted octanol–water partition coefficient (Wildman–Crippen LogP) is 6.66. The summed E-state index contributed by atoms with van der Waals surface area (Å²) in [6.45, 7) is 4.39. The van der Waals surface area contributed by atoms with Gasteiger partial charge in [0.1, 0.15) is 19.3 Å². The first-order valence-electron chi connectivity index (χ1n) is 12.8. The maximum absolute atomic E-state index is 13.6. The number of thioether (sulfide) groups is 1. The van der Waals surface area contributed by atoms with Gasteiger partial charge in [-0.15, -0.1) is 5.10 Å². The molecule has 2 heterocycles. The minimum atomic E-state index is -0.586. The van der Waals surface area contributed by atoms with Crippen LogP contribution in [0, 0.1) is 0 Å². The highest BCUT2D eigenvalue weighted by Gasteiger charge is 2.36. The van der Waals surface area contributed by atoms with Gasteiger partial charge in [-0.25, -0.2) is 9.48 Å². The number of fused-ring (bicyclic) bond motifs is 1. The first kappa shape index (κ1) is 27.6. The Morgan fingerprint density at radius 1 is 1.02 bits per heavy atom. The van der Waals surface area contributed by atoms with Crippen molar-refractivity contribution in [2.75, 3.05) is 18.2 Å². The molecule has 1 aliphatic rings. The monoisotopic (exact) mass is 576 g/mol. The molecule has 40 heavy (non-hydrogen) atoms. The number of aromatic nitrogens is 3. The van der Waals surface area contributed by atoms with Crippen LogP contribution in [0.3, 0.4) is 0 Å². The Balaban J connectivity index is 1.47. The molecule has 1 unspecified atom stereocenters. The van der Waals surface area contributed by atoms with Gasteiger partial charge in [-0.05, 0) is 53.6 Å². The minimum absolute atomic E-state index is 0.158. The van der Waals surface area contributed by atoms with Gasteiger partial charge in [-0.2, -0.15) is 4.98 Å². The highest BCUT2D eigenvalue weighted by molar-refractivity contribution is 7.99. The third kappa shape index (κ3) is 6.11. The minimum Gasteiger partial charge on any atom is -0.493 e. The number of hydrogen-bond acceptors (Lipinski definition) is 8. The van der Waals surface area contributed by atoms with Crippen molar-refractivity contribution in [3.05, 3.63) is 106 Å². The van der Waals surface area contributed by atoms with Crippen LogP contribution >= 0.6 is 23.4 Å². The van der Waals surface area contributed by atoms with Crippen molar-refractivity contribution < 1.29 is 19.0 Å². The number of hydrogen-bond donors (Lipinski definition) is 1. The lowest BCUT2D eigenvalue weighted by atomic mass is 9.95. The summed E-state index contributed by atoms with van der Waals surface area (Å²) in [6, 6.07) is 22.1. The molecular formula is C30H29ClN4O4S. The highest BCUT2D eigenvalue weighted by Crippen LogP contribution is 2.40. The van der Waals surface area contributed by atoms with Crippen LogP contribution in [0.5, 0.6) is 11.5 Å². The van der Waals surface area contributed by atoms with Crippen LogP contribution in [0.25, 0.3) is 0 Å². The van der Waals surface area contributed by atoms with E-state index in [1.807, 2.05) is 86.6 Å². The summed E-state index contributed by atoms with van der Waals surface area (Å²) < 4.78 is 19.3. The van der Waals surface area contributed by atoms with Crippen molar-refractivity contribution in [2.24, 2.45) is 0 Å². The molecule has 8 nitrogen and oxygen atoms in total. The van der Waals surface area contributed by atoms with Gasteiger partial charge in [0.25, 0.3) is 0 Å². The van der Waals surface area contributed by atoms with E-state index in [0.717, 1.165) is 22.4 Å². The number of rotatable bonds is 10. The number of nitrogens with one attached hydrogen (secondary N) is 1. The normalized spacial score (nSPS) is 14.3. The first-order valence-corrected chi connectivity index (χ1v) is 14.2. The summed E-state index contributed by atoms with van der Waals surface area (Å²) in [6.07, 6.45) is 0. The largest absolute Gasteiger partial charge is 0.493 e. The SMILES string of the molecule is CCSc1nc2n(n1)C(c1ccc(OCc3ccc(Cl)cc3)c(OC)c1)C(C(=O)OCc1ccccc1)=C(C)N2. The summed E-state index contributed by atoms with van der Waals surface area (Å²) in [5.74, 6) is 2.04. The number of esters is 1. The van der Waals surface area contributed by atoms with Crippen LogP contribution in [0.2, 0.25) is 5.02 Å². The Labute approximate surface area is 242 Å². The third-order valence-electron chi connectivity index (χ3n) is 6.35. The average Bonchev–Trinajstić information content (AvgIpc) is 3.37. The molecule has 1 N–H and O–H groups in total. The van der Waals surface area contributed by atoms with E-state index in [1.54, 1.807) is 11.8 Å². The molecule has 0 bridgehead atoms. The molecule has 0 saturated carbocycles. The van der Waals surface area contributed by atoms with E-state index in [4.69, 9.17) is 30.9 Å². The number of anilines is 1. The number of carbonyl (C=O) groups is 1. The second-order valence-electron chi connectivity index (χ2n) is 9.05. The van der Waals surface area contributed by atoms with E-state index < -0.39 is 12.0 Å². The molecule has 10 heteroatoms. The lowest BCUT2D eigenvalue weighted by Crippen LogP contribution is -2.29. The third-order valence-corrected chi connectivity index (χ3v) is 7.32. The van der Waals surface area contributed by atoms with Gasteiger partial charge in [0.2, 0.25) is 11.1 Å². The van der Waals surface area contributed by atoms with Crippen molar-refractivity contribution in [1.29, 1.82) is 0 Å². The molecule has 0 amide bonds. The van der Waals surface area contributed by atoms with Gasteiger partial charge in [-0.3, -0.25) is 0 Å². The van der Waals surface area contributed by atoms with Crippen LogP contribution in [-0.2, 0) is 22.7 Å². The van der Waals surface area contributed by atoms with Crippen LogP contribution in [0.15, 0.2) is 89.2 Å². The van der Waals surface area contributed by atoms with Crippen molar-refractivity contribution >= 4 is 35.3 Å². The Morgan fingerprint density at radius 2 is 1.77 bits per heavy atom. The fraction of sp³-hybridized carbons (Fsp3) is 0.233. The Bertz CT molecular complexity index is 1520. The molecule has 5 rings (SSSR count). The van der Waals surface area contributed by atoms with Gasteiger partial charge in [0, 0.05) is 10.7 Å². The number of nitrogens with zero attached hydrogens (tertiary/aromatic N) is 3. The van der Waals surface area contributed by atoms with Crippen LogP contribution in [0.4, 0.5) is 5.95 Å². The zero-order valence-electron chi connectivity index (χ0n) is 22.4. The van der Waals surface area contributed by atoms with E-state index in [1.165, 1.54) is 11.8 Å². The Morgan fingerprint density at radius 3 is 2.50 bits per heavy atom. The average molecular weight is 577 g/mol. The summed E-state index contributed by atoms with van der Waals surface area (Å²) in [4.78, 5) is 18.2. The Hall–Kier alpha value is -3.95. The summed E-state index contributed by atoms with van der Waals surface area (Å²) in [5.41, 5.74) is 3.75. The number of benzene rings is 3. The van der Waals surface area contributed by atoms with E-state index in [2.05, 4.69) is 10.3 Å². The molecule has 1 atom stereocenters. The molecule has 4 aromatic rings. The van der Waals surface area contributed by atoms with E-state index in [9.17, 15) is 4.79 Å². The maximum atomic E-state index is 13.6. The van der Waals surface area contributed by atoms with Crippen molar-refractivity contribution in [1.82, 2.24) is 14.8 Å². The number of ether oxygens (including phenoxy) is 3. The fourth-order valence-corrected chi connectivity index (χ4v) is 5.09. The van der Waals surface area contributed by atoms with Crippen LogP contribution in [-0.4, -0.2) is 33.6 Å². The maximum Gasteiger partial charge on any atom is 0.338 e. The Kier molecular flexibility index (Phi) is 8.62. The van der Waals surface area contributed by atoms with Gasteiger partial charge in [0.15, 0.2) is 11.5 Å². The standard InChI is InChI=1S/C30H29ClN4O4S/c1-4-40-30-33-29-32-19(2)26(28(36)39-18-20-8-6-5-7-9-20)27(35(29)34-30)22-12-15-24(25(16-22)37-3)38-17-21-10-13-23(31)14-11-21/h5-16,27H,4,17-18H2,1-3H3,(H,32,33,34). The molecule has 1 aliphatic heterocycles. The van der Waals surface area contributed by atoms with Crippen LogP contribution in [0.1, 0.15) is 36.6 Å².